The van der Waals surface area contributed by atoms with Gasteiger partial charge >= 0.3 is 0 Å². The second kappa shape index (κ2) is 7.67. The van der Waals surface area contributed by atoms with Crippen molar-refractivity contribution in [2.75, 3.05) is 19.7 Å². The Morgan fingerprint density at radius 1 is 1.03 bits per heavy atom. The van der Waals surface area contributed by atoms with Gasteiger partial charge in [0.15, 0.2) is 0 Å². The van der Waals surface area contributed by atoms with Crippen molar-refractivity contribution < 1.29 is 18.8 Å². The number of aromatic nitrogens is 2. The van der Waals surface area contributed by atoms with Gasteiger partial charge in [0.1, 0.15) is 18.0 Å². The van der Waals surface area contributed by atoms with Crippen LogP contribution >= 0.6 is 0 Å². The average Bonchev–Trinajstić information content (AvgIpc) is 3.43. The van der Waals surface area contributed by atoms with Gasteiger partial charge in [0.25, 0.3) is 11.8 Å². The largest absolute Gasteiger partial charge is 0.487 e. The topological polar surface area (TPSA) is 77.7 Å². The second-order valence-electron chi connectivity index (χ2n) is 7.30. The molecule has 1 unspecified atom stereocenters. The van der Waals surface area contributed by atoms with Gasteiger partial charge in [-0.05, 0) is 49.2 Å². The molecule has 2 saturated heterocycles. The molecule has 0 bridgehead atoms. The molecule has 2 aliphatic rings. The summed E-state index contributed by atoms with van der Waals surface area (Å²) in [7, 11) is 0. The number of benzene rings is 2. The van der Waals surface area contributed by atoms with Gasteiger partial charge in [-0.15, -0.1) is 0 Å². The molecule has 3 aromatic rings. The fourth-order valence-electron chi connectivity index (χ4n) is 3.58. The summed E-state index contributed by atoms with van der Waals surface area (Å²) in [5.41, 5.74) is 1.74. The summed E-state index contributed by atoms with van der Waals surface area (Å²) in [6.45, 7) is 1.89. The highest BCUT2D eigenvalue weighted by Gasteiger charge is 2.37. The van der Waals surface area contributed by atoms with Crippen LogP contribution in [0.15, 0.2) is 59.1 Å². The molecule has 2 aliphatic heterocycles. The number of ether oxygens (including phenoxy) is 2. The van der Waals surface area contributed by atoms with Crippen molar-refractivity contribution in [2.24, 2.45) is 0 Å². The number of carbonyl (C=O) groups excluding carboxylic acids is 1. The van der Waals surface area contributed by atoms with Gasteiger partial charge in [-0.3, -0.25) is 4.79 Å². The van der Waals surface area contributed by atoms with Crippen molar-refractivity contribution in [1.29, 1.82) is 0 Å². The Morgan fingerprint density at radius 2 is 1.83 bits per heavy atom. The maximum absolute atomic E-state index is 12.3. The van der Waals surface area contributed by atoms with Gasteiger partial charge in [-0.2, -0.15) is 4.98 Å². The first-order valence-corrected chi connectivity index (χ1v) is 9.83. The predicted molar refractivity (Wildman–Crippen MR) is 105 cm³/mol. The van der Waals surface area contributed by atoms with Crippen molar-refractivity contribution >= 4 is 5.91 Å². The van der Waals surface area contributed by atoms with E-state index >= 15 is 0 Å². The van der Waals surface area contributed by atoms with Crippen LogP contribution in [0.3, 0.4) is 0 Å². The van der Waals surface area contributed by atoms with Crippen LogP contribution in [0.1, 0.15) is 12.8 Å². The smallest absolute Gasteiger partial charge is 0.258 e. The Labute approximate surface area is 168 Å². The molecule has 2 fully saturated rings. The highest BCUT2D eigenvalue weighted by molar-refractivity contribution is 5.82. The molecular formula is C22H21N3O4. The molecule has 0 saturated carbocycles. The molecule has 0 spiro atoms. The van der Waals surface area contributed by atoms with E-state index < -0.39 is 0 Å². The Bertz CT molecular complexity index is 975. The van der Waals surface area contributed by atoms with Crippen molar-refractivity contribution in [2.45, 2.75) is 25.0 Å². The summed E-state index contributed by atoms with van der Waals surface area (Å²) < 4.78 is 16.8. The summed E-state index contributed by atoms with van der Waals surface area (Å²) in [6.07, 6.45) is 1.54. The van der Waals surface area contributed by atoms with Crippen LogP contribution in [0.4, 0.5) is 0 Å². The maximum Gasteiger partial charge on any atom is 0.258 e. The van der Waals surface area contributed by atoms with Crippen molar-refractivity contribution in [3.8, 4) is 28.6 Å². The van der Waals surface area contributed by atoms with Crippen LogP contribution in [0, 0.1) is 0 Å². The molecule has 7 nitrogen and oxygen atoms in total. The molecule has 148 valence electrons. The molecule has 1 aromatic heterocycles. The fourth-order valence-corrected chi connectivity index (χ4v) is 3.58. The summed E-state index contributed by atoms with van der Waals surface area (Å²) in [5.74, 6) is 1.87. The van der Waals surface area contributed by atoms with Crippen molar-refractivity contribution in [3.05, 3.63) is 54.6 Å². The molecule has 1 amide bonds. The molecule has 29 heavy (non-hydrogen) atoms. The van der Waals surface area contributed by atoms with Crippen LogP contribution in [-0.4, -0.2) is 52.9 Å². The second-order valence-corrected chi connectivity index (χ2v) is 7.30. The van der Waals surface area contributed by atoms with Gasteiger partial charge in [0, 0.05) is 17.7 Å². The summed E-state index contributed by atoms with van der Waals surface area (Å²) in [6, 6.07) is 17.3. The van der Waals surface area contributed by atoms with Crippen molar-refractivity contribution in [3.63, 3.8) is 0 Å². The zero-order valence-corrected chi connectivity index (χ0v) is 15.9. The van der Waals surface area contributed by atoms with Crippen molar-refractivity contribution in [1.82, 2.24) is 15.0 Å². The zero-order valence-electron chi connectivity index (χ0n) is 15.9. The van der Waals surface area contributed by atoms with Gasteiger partial charge in [0.05, 0.1) is 13.1 Å². The normalized spacial score (nSPS) is 19.2. The van der Waals surface area contributed by atoms with Crippen LogP contribution in [0.5, 0.6) is 5.75 Å². The SMILES string of the molecule is O=C(C1CCCO1)N1CC(Oc2ccc(-c3noc(-c4ccccc4)n3)cc2)C1. The minimum atomic E-state index is -0.258. The highest BCUT2D eigenvalue weighted by atomic mass is 16.5. The predicted octanol–water partition coefficient (Wildman–Crippen LogP) is 3.17. The van der Waals surface area contributed by atoms with Crippen LogP contribution < -0.4 is 4.74 Å². The standard InChI is InChI=1S/C22H21N3O4/c26-22(19-7-4-12-27-19)25-13-18(14-25)28-17-10-8-15(9-11-17)20-23-21(29-24-20)16-5-2-1-3-6-16/h1-3,5-6,8-11,18-19H,4,7,12-14H2. The van der Waals surface area contributed by atoms with Gasteiger partial charge < -0.3 is 18.9 Å². The van der Waals surface area contributed by atoms with Crippen LogP contribution in [0.25, 0.3) is 22.8 Å². The first-order valence-electron chi connectivity index (χ1n) is 9.83. The molecule has 5 rings (SSSR count). The first-order chi connectivity index (χ1) is 14.3. The Hall–Kier alpha value is -3.19. The average molecular weight is 391 g/mol. The van der Waals surface area contributed by atoms with Gasteiger partial charge in [0.2, 0.25) is 5.82 Å². The van der Waals surface area contributed by atoms with E-state index in [1.54, 1.807) is 4.90 Å². The number of carbonyl (C=O) groups is 1. The lowest BCUT2D eigenvalue weighted by Gasteiger charge is -2.40. The maximum atomic E-state index is 12.3. The number of amides is 1. The van der Waals surface area contributed by atoms with E-state index in [1.807, 2.05) is 54.6 Å². The molecule has 0 N–H and O–H groups in total. The Balaban J connectivity index is 1.17. The van der Waals surface area contributed by atoms with E-state index in [4.69, 9.17) is 14.0 Å². The number of hydrogen-bond acceptors (Lipinski definition) is 6. The summed E-state index contributed by atoms with van der Waals surface area (Å²) in [4.78, 5) is 18.5. The highest BCUT2D eigenvalue weighted by Crippen LogP contribution is 2.26. The lowest BCUT2D eigenvalue weighted by atomic mass is 10.1. The zero-order chi connectivity index (χ0) is 19.6. The molecule has 0 aliphatic carbocycles. The summed E-state index contributed by atoms with van der Waals surface area (Å²) in [5, 5.41) is 4.06. The number of rotatable bonds is 5. The summed E-state index contributed by atoms with van der Waals surface area (Å²) >= 11 is 0. The van der Waals surface area contributed by atoms with Gasteiger partial charge in [-0.1, -0.05) is 23.4 Å². The van der Waals surface area contributed by atoms with E-state index in [1.165, 1.54) is 0 Å². The van der Waals surface area contributed by atoms with Gasteiger partial charge in [-0.25, -0.2) is 0 Å². The number of nitrogens with zero attached hydrogens (tertiary/aromatic N) is 3. The molecule has 3 heterocycles. The lowest BCUT2D eigenvalue weighted by molar-refractivity contribution is -0.149. The molecular weight excluding hydrogens is 370 g/mol. The third-order valence-electron chi connectivity index (χ3n) is 5.23. The Morgan fingerprint density at radius 3 is 2.55 bits per heavy atom. The van der Waals surface area contributed by atoms with E-state index in [2.05, 4.69) is 10.1 Å². The minimum Gasteiger partial charge on any atom is -0.487 e. The molecule has 1 atom stereocenters. The first kappa shape index (κ1) is 17.9. The molecule has 7 heteroatoms. The Kier molecular flexibility index (Phi) is 4.73. The van der Waals surface area contributed by atoms with E-state index in [-0.39, 0.29) is 18.1 Å². The molecule has 0 radical (unpaired) electrons. The lowest BCUT2D eigenvalue weighted by Crippen LogP contribution is -2.58. The van der Waals surface area contributed by atoms with E-state index in [0.717, 1.165) is 29.7 Å². The van der Waals surface area contributed by atoms with Crippen LogP contribution in [0.2, 0.25) is 0 Å². The molecule has 2 aromatic carbocycles. The number of likely N-dealkylation sites (tertiary alicyclic amines) is 1. The van der Waals surface area contributed by atoms with E-state index in [9.17, 15) is 4.79 Å². The third kappa shape index (κ3) is 3.73. The fraction of sp³-hybridized carbons (Fsp3) is 0.318. The monoisotopic (exact) mass is 391 g/mol. The minimum absolute atomic E-state index is 0.0149. The van der Waals surface area contributed by atoms with E-state index in [0.29, 0.717) is 31.4 Å². The quantitative estimate of drug-likeness (QED) is 0.665. The van der Waals surface area contributed by atoms with Crippen LogP contribution in [-0.2, 0) is 9.53 Å². The third-order valence-corrected chi connectivity index (χ3v) is 5.23. The number of hydrogen-bond donors (Lipinski definition) is 0.